The molecule has 0 radical (unpaired) electrons. The van der Waals surface area contributed by atoms with Gasteiger partial charge in [0.1, 0.15) is 5.71 Å². The minimum absolute atomic E-state index is 0.0897. The molecular weight excluding hydrogens is 314 g/mol. The van der Waals surface area contributed by atoms with Crippen LogP contribution >= 0.6 is 0 Å². The van der Waals surface area contributed by atoms with Crippen LogP contribution < -0.4 is 16.4 Å². The summed E-state index contributed by atoms with van der Waals surface area (Å²) in [6.45, 7) is 6.22. The second-order valence-electron chi connectivity index (χ2n) is 7.15. The van der Waals surface area contributed by atoms with E-state index in [2.05, 4.69) is 17.6 Å². The molecule has 1 aliphatic heterocycles. The van der Waals surface area contributed by atoms with Crippen LogP contribution in [-0.2, 0) is 4.79 Å². The molecule has 1 amide bonds. The fourth-order valence-electron chi connectivity index (χ4n) is 3.63. The second-order valence-corrected chi connectivity index (χ2v) is 7.15. The maximum atomic E-state index is 12.8. The molecule has 0 spiro atoms. The molecule has 0 bridgehead atoms. The van der Waals surface area contributed by atoms with E-state index in [0.717, 1.165) is 82.4 Å². The third-order valence-corrected chi connectivity index (χ3v) is 5.12. The molecule has 6 nitrogen and oxygen atoms in total. The van der Waals surface area contributed by atoms with Crippen LogP contribution in [0.4, 0.5) is 0 Å². The first-order valence-corrected chi connectivity index (χ1v) is 9.94. The summed E-state index contributed by atoms with van der Waals surface area (Å²) in [4.78, 5) is 14.6. The summed E-state index contributed by atoms with van der Waals surface area (Å²) >= 11 is 0. The number of nitrogens with one attached hydrogen (secondary N) is 3. The van der Waals surface area contributed by atoms with E-state index in [-0.39, 0.29) is 11.6 Å². The van der Waals surface area contributed by atoms with Gasteiger partial charge in [-0.3, -0.25) is 10.2 Å². The molecule has 0 aromatic heterocycles. The van der Waals surface area contributed by atoms with Gasteiger partial charge in [-0.25, -0.2) is 0 Å². The predicted molar refractivity (Wildman–Crippen MR) is 103 cm³/mol. The lowest BCUT2D eigenvalue weighted by Gasteiger charge is -2.31. The number of carbonyl (C=O) groups excluding carboxylic acids is 1. The summed E-state index contributed by atoms with van der Waals surface area (Å²) in [5, 5.41) is 15.6. The standard InChI is InChI=1S/C19H35N5O/c1-2-10-23-17-8-7-15(22-11-6-9-20)14-16(17)18(21)19(25)24-12-4-3-5-13-24/h15,21-23H,2-14,20H2,1H3. The molecule has 1 atom stereocenters. The zero-order valence-electron chi connectivity index (χ0n) is 15.7. The summed E-state index contributed by atoms with van der Waals surface area (Å²) in [5.74, 6) is -0.0897. The fraction of sp³-hybridized carbons (Fsp3) is 0.789. The quantitative estimate of drug-likeness (QED) is 0.377. The van der Waals surface area contributed by atoms with E-state index in [1.165, 1.54) is 6.42 Å². The summed E-state index contributed by atoms with van der Waals surface area (Å²) < 4.78 is 0. The number of carbonyl (C=O) groups is 1. The fourth-order valence-corrected chi connectivity index (χ4v) is 3.63. The summed E-state index contributed by atoms with van der Waals surface area (Å²) in [6.07, 6.45) is 8.02. The maximum absolute atomic E-state index is 12.8. The third kappa shape index (κ3) is 5.82. The zero-order valence-corrected chi connectivity index (χ0v) is 15.7. The Morgan fingerprint density at radius 2 is 2.04 bits per heavy atom. The van der Waals surface area contributed by atoms with E-state index in [1.807, 2.05) is 4.90 Å². The van der Waals surface area contributed by atoms with Gasteiger partial charge in [-0.1, -0.05) is 6.92 Å². The number of nitrogens with two attached hydrogens (primary N) is 1. The summed E-state index contributed by atoms with van der Waals surface area (Å²) in [6, 6.07) is 0.336. The number of rotatable bonds is 9. The van der Waals surface area contributed by atoms with E-state index >= 15 is 0 Å². The maximum Gasteiger partial charge on any atom is 0.272 e. The average Bonchev–Trinajstić information content (AvgIpc) is 2.66. The normalized spacial score (nSPS) is 21.4. The van der Waals surface area contributed by atoms with Crippen LogP contribution in [0.2, 0.25) is 0 Å². The molecule has 1 fully saturated rings. The first-order chi connectivity index (χ1) is 12.2. The highest BCUT2D eigenvalue weighted by molar-refractivity contribution is 6.44. The molecule has 0 saturated carbocycles. The molecule has 1 unspecified atom stereocenters. The Morgan fingerprint density at radius 1 is 1.28 bits per heavy atom. The van der Waals surface area contributed by atoms with E-state index in [9.17, 15) is 4.79 Å². The molecule has 2 aliphatic rings. The molecular formula is C19H35N5O. The van der Waals surface area contributed by atoms with Gasteiger partial charge in [-0.05, 0) is 64.5 Å². The van der Waals surface area contributed by atoms with E-state index in [0.29, 0.717) is 12.6 Å². The number of hydrogen-bond donors (Lipinski definition) is 4. The highest BCUT2D eigenvalue weighted by atomic mass is 16.2. The smallest absolute Gasteiger partial charge is 0.272 e. The van der Waals surface area contributed by atoms with Gasteiger partial charge in [0.2, 0.25) is 0 Å². The molecule has 5 N–H and O–H groups in total. The Morgan fingerprint density at radius 3 is 2.72 bits per heavy atom. The Labute approximate surface area is 152 Å². The van der Waals surface area contributed by atoms with Gasteiger partial charge < -0.3 is 21.3 Å². The van der Waals surface area contributed by atoms with Crippen molar-refractivity contribution in [3.8, 4) is 0 Å². The van der Waals surface area contributed by atoms with Crippen LogP contribution in [0.15, 0.2) is 11.3 Å². The monoisotopic (exact) mass is 349 g/mol. The Kier molecular flexibility index (Phi) is 8.41. The van der Waals surface area contributed by atoms with Crippen molar-refractivity contribution in [2.45, 2.75) is 64.3 Å². The van der Waals surface area contributed by atoms with E-state index < -0.39 is 0 Å². The summed E-state index contributed by atoms with van der Waals surface area (Å²) in [5.41, 5.74) is 7.80. The van der Waals surface area contributed by atoms with E-state index in [4.69, 9.17) is 11.1 Å². The SMILES string of the molecule is CCCNC1=C(C(=N)C(=O)N2CCCCC2)CC(NCCCN)CC1. The van der Waals surface area contributed by atoms with Gasteiger partial charge in [0.15, 0.2) is 0 Å². The third-order valence-electron chi connectivity index (χ3n) is 5.12. The lowest BCUT2D eigenvalue weighted by atomic mass is 9.88. The topological polar surface area (TPSA) is 94.2 Å². The van der Waals surface area contributed by atoms with Gasteiger partial charge in [-0.2, -0.15) is 0 Å². The molecule has 142 valence electrons. The van der Waals surface area contributed by atoms with Crippen molar-refractivity contribution < 1.29 is 4.79 Å². The van der Waals surface area contributed by atoms with E-state index in [1.54, 1.807) is 0 Å². The molecule has 2 rings (SSSR count). The van der Waals surface area contributed by atoms with Gasteiger partial charge >= 0.3 is 0 Å². The first-order valence-electron chi connectivity index (χ1n) is 9.94. The number of piperidine rings is 1. The van der Waals surface area contributed by atoms with Crippen LogP contribution in [0.25, 0.3) is 0 Å². The van der Waals surface area contributed by atoms with Crippen molar-refractivity contribution >= 4 is 11.6 Å². The zero-order chi connectivity index (χ0) is 18.1. The highest BCUT2D eigenvalue weighted by Crippen LogP contribution is 2.25. The van der Waals surface area contributed by atoms with Gasteiger partial charge in [0.05, 0.1) is 0 Å². The average molecular weight is 350 g/mol. The van der Waals surface area contributed by atoms with Crippen LogP contribution in [0, 0.1) is 5.41 Å². The number of hydrogen-bond acceptors (Lipinski definition) is 5. The lowest BCUT2D eigenvalue weighted by molar-refractivity contribution is -0.124. The predicted octanol–water partition coefficient (Wildman–Crippen LogP) is 1.76. The van der Waals surface area contributed by atoms with Gasteiger partial charge in [0, 0.05) is 36.9 Å². The summed E-state index contributed by atoms with van der Waals surface area (Å²) in [7, 11) is 0. The van der Waals surface area contributed by atoms with Crippen molar-refractivity contribution in [3.05, 3.63) is 11.3 Å². The molecule has 1 aliphatic carbocycles. The van der Waals surface area contributed by atoms with Crippen molar-refractivity contribution in [1.82, 2.24) is 15.5 Å². The Hall–Kier alpha value is -1.40. The molecule has 0 aromatic rings. The highest BCUT2D eigenvalue weighted by Gasteiger charge is 2.29. The molecule has 25 heavy (non-hydrogen) atoms. The van der Waals surface area contributed by atoms with Crippen molar-refractivity contribution in [2.24, 2.45) is 5.73 Å². The van der Waals surface area contributed by atoms with Crippen LogP contribution in [0.5, 0.6) is 0 Å². The minimum atomic E-state index is -0.0897. The Balaban J connectivity index is 2.06. The van der Waals surface area contributed by atoms with Crippen molar-refractivity contribution in [2.75, 3.05) is 32.7 Å². The number of nitrogens with zero attached hydrogens (tertiary/aromatic N) is 1. The Bertz CT molecular complexity index is 482. The molecule has 0 aromatic carbocycles. The van der Waals surface area contributed by atoms with Crippen molar-refractivity contribution in [3.63, 3.8) is 0 Å². The van der Waals surface area contributed by atoms with Crippen LogP contribution in [0.3, 0.4) is 0 Å². The molecule has 1 saturated heterocycles. The number of allylic oxidation sites excluding steroid dienone is 1. The minimum Gasteiger partial charge on any atom is -0.388 e. The number of amides is 1. The molecule has 6 heteroatoms. The van der Waals surface area contributed by atoms with Gasteiger partial charge in [-0.15, -0.1) is 0 Å². The number of likely N-dealkylation sites (tertiary alicyclic amines) is 1. The largest absolute Gasteiger partial charge is 0.388 e. The second kappa shape index (κ2) is 10.6. The lowest BCUT2D eigenvalue weighted by Crippen LogP contribution is -2.43. The van der Waals surface area contributed by atoms with Crippen LogP contribution in [-0.4, -0.2) is 55.3 Å². The molecule has 1 heterocycles. The van der Waals surface area contributed by atoms with Crippen LogP contribution in [0.1, 0.15) is 58.3 Å². The van der Waals surface area contributed by atoms with Gasteiger partial charge in [0.25, 0.3) is 5.91 Å². The first kappa shape index (κ1) is 19.9. The van der Waals surface area contributed by atoms with Crippen molar-refractivity contribution in [1.29, 1.82) is 5.41 Å².